The van der Waals surface area contributed by atoms with Crippen LogP contribution in [0.25, 0.3) is 0 Å². The molecule has 0 aliphatic heterocycles. The van der Waals surface area contributed by atoms with Gasteiger partial charge in [-0.1, -0.05) is 137 Å². The number of halogens is 4. The van der Waals surface area contributed by atoms with Crippen molar-refractivity contribution in [2.75, 3.05) is 0 Å². The highest BCUT2D eigenvalue weighted by Gasteiger charge is 2.45. The van der Waals surface area contributed by atoms with Crippen molar-refractivity contribution in [3.05, 3.63) is 0 Å². The Balaban J connectivity index is 3.87. The van der Waals surface area contributed by atoms with Gasteiger partial charge in [0.25, 0.3) is 0 Å². The van der Waals surface area contributed by atoms with Gasteiger partial charge in [-0.3, -0.25) is 0 Å². The van der Waals surface area contributed by atoms with Gasteiger partial charge in [-0.15, -0.1) is 0 Å². The first-order chi connectivity index (χ1) is 10.4. The summed E-state index contributed by atoms with van der Waals surface area (Å²) in [6, 6.07) is 0. The van der Waals surface area contributed by atoms with E-state index in [-0.39, 0.29) is 0 Å². The summed E-state index contributed by atoms with van der Waals surface area (Å²) in [5.74, 6) is 0. The Hall–Kier alpha value is 1.16. The Morgan fingerprint density at radius 3 is 1.05 bits per heavy atom. The van der Waals surface area contributed by atoms with Gasteiger partial charge < -0.3 is 0 Å². The zero-order valence-corrected chi connectivity index (χ0v) is 17.4. The third kappa shape index (κ3) is 10.8. The lowest BCUT2D eigenvalue weighted by molar-refractivity contribution is 0.494. The molecule has 0 bridgehead atoms. The number of hydrogen-bond acceptors (Lipinski definition) is 0. The molecule has 0 saturated carbocycles. The van der Waals surface area contributed by atoms with Crippen LogP contribution >= 0.6 is 46.4 Å². The number of alkyl halides is 4. The second kappa shape index (κ2) is 13.5. The third-order valence-corrected chi connectivity index (χ3v) is 6.66. The predicted octanol–water partition coefficient (Wildman–Crippen LogP) is 8.84. The quantitative estimate of drug-likeness (QED) is 0.193. The van der Waals surface area contributed by atoms with Crippen LogP contribution in [0.15, 0.2) is 0 Å². The molecule has 0 aromatic rings. The Kier molecular flexibility index (Phi) is 14.2. The number of rotatable bonds is 15. The van der Waals surface area contributed by atoms with E-state index in [0.717, 1.165) is 25.7 Å². The van der Waals surface area contributed by atoms with Crippen molar-refractivity contribution < 1.29 is 0 Å². The van der Waals surface area contributed by atoms with Gasteiger partial charge in [0.1, 0.15) is 0 Å². The summed E-state index contributed by atoms with van der Waals surface area (Å²) in [5.41, 5.74) is 0. The predicted molar refractivity (Wildman–Crippen MR) is 105 cm³/mol. The van der Waals surface area contributed by atoms with Crippen molar-refractivity contribution in [2.45, 2.75) is 112 Å². The van der Waals surface area contributed by atoms with Gasteiger partial charge >= 0.3 is 0 Å². The number of unbranched alkanes of at least 4 members (excludes halogenated alkanes) is 10. The molecule has 0 rings (SSSR count). The van der Waals surface area contributed by atoms with Gasteiger partial charge in [0.2, 0.25) is 0 Å². The molecular formula is C18H34Cl4. The fourth-order valence-electron chi connectivity index (χ4n) is 2.62. The monoisotopic (exact) mass is 390 g/mol. The number of hydrogen-bond donors (Lipinski definition) is 0. The van der Waals surface area contributed by atoms with Crippen LogP contribution in [0.5, 0.6) is 0 Å². The van der Waals surface area contributed by atoms with E-state index >= 15 is 0 Å². The highest BCUT2D eigenvalue weighted by atomic mass is 35.5. The van der Waals surface area contributed by atoms with Crippen LogP contribution in [0.1, 0.15) is 104 Å². The molecule has 134 valence electrons. The van der Waals surface area contributed by atoms with Gasteiger partial charge in [-0.25, -0.2) is 0 Å². The second-order valence-electron chi connectivity index (χ2n) is 6.44. The van der Waals surface area contributed by atoms with E-state index in [2.05, 4.69) is 13.8 Å². The fraction of sp³-hybridized carbons (Fsp3) is 1.00. The van der Waals surface area contributed by atoms with Crippen LogP contribution in [0, 0.1) is 0 Å². The second-order valence-corrected chi connectivity index (χ2v) is 9.41. The average molecular weight is 392 g/mol. The van der Waals surface area contributed by atoms with Crippen LogP contribution in [-0.2, 0) is 0 Å². The van der Waals surface area contributed by atoms with E-state index in [4.69, 9.17) is 46.4 Å². The molecule has 0 amide bonds. The summed E-state index contributed by atoms with van der Waals surface area (Å²) in [5, 5.41) is 0. The van der Waals surface area contributed by atoms with E-state index in [0.29, 0.717) is 12.8 Å². The zero-order valence-electron chi connectivity index (χ0n) is 14.4. The van der Waals surface area contributed by atoms with Crippen molar-refractivity contribution in [1.82, 2.24) is 0 Å². The third-order valence-electron chi connectivity index (χ3n) is 4.22. The standard InChI is InChI=1S/C18H34Cl4/c1-3-5-7-9-11-13-15-17(19,20)18(21,22)16-14-12-10-8-6-4-2/h3-16H2,1-2H3. The maximum absolute atomic E-state index is 6.43. The topological polar surface area (TPSA) is 0 Å². The molecule has 0 unspecified atom stereocenters. The summed E-state index contributed by atoms with van der Waals surface area (Å²) >= 11 is 25.7. The van der Waals surface area contributed by atoms with Crippen LogP contribution in [0.4, 0.5) is 0 Å². The van der Waals surface area contributed by atoms with Gasteiger partial charge in [-0.05, 0) is 12.8 Å². The van der Waals surface area contributed by atoms with Crippen molar-refractivity contribution in [1.29, 1.82) is 0 Å². The summed E-state index contributed by atoms with van der Waals surface area (Å²) in [4.78, 5) is 0. The van der Waals surface area contributed by atoms with Crippen LogP contribution < -0.4 is 0 Å². The van der Waals surface area contributed by atoms with Crippen molar-refractivity contribution in [2.24, 2.45) is 0 Å². The normalized spacial score (nSPS) is 12.8. The molecule has 0 radical (unpaired) electrons. The largest absolute Gasteiger partial charge is 0.151 e. The van der Waals surface area contributed by atoms with Crippen molar-refractivity contribution in [3.63, 3.8) is 0 Å². The maximum atomic E-state index is 6.43. The van der Waals surface area contributed by atoms with E-state index in [1.165, 1.54) is 51.4 Å². The Labute approximate surface area is 158 Å². The summed E-state index contributed by atoms with van der Waals surface area (Å²) in [6.07, 6.45) is 15.8. The van der Waals surface area contributed by atoms with Gasteiger partial charge in [-0.2, -0.15) is 0 Å². The Morgan fingerprint density at radius 1 is 0.455 bits per heavy atom. The van der Waals surface area contributed by atoms with Crippen LogP contribution in [-0.4, -0.2) is 8.67 Å². The van der Waals surface area contributed by atoms with E-state index in [1.807, 2.05) is 0 Å². The lowest BCUT2D eigenvalue weighted by atomic mass is 10.0. The average Bonchev–Trinajstić information content (AvgIpc) is 2.46. The molecule has 0 atom stereocenters. The molecule has 0 N–H and O–H groups in total. The molecule has 0 aromatic heterocycles. The maximum Gasteiger partial charge on any atom is 0.151 e. The van der Waals surface area contributed by atoms with Gasteiger partial charge in [0.05, 0.1) is 0 Å². The van der Waals surface area contributed by atoms with E-state index in [1.54, 1.807) is 0 Å². The highest BCUT2D eigenvalue weighted by Crippen LogP contribution is 2.49. The minimum absolute atomic E-state index is 0.672. The zero-order chi connectivity index (χ0) is 16.9. The Morgan fingerprint density at radius 2 is 0.727 bits per heavy atom. The lowest BCUT2D eigenvalue weighted by Crippen LogP contribution is -2.36. The smallest absolute Gasteiger partial charge is 0.0983 e. The van der Waals surface area contributed by atoms with Gasteiger partial charge in [0.15, 0.2) is 8.67 Å². The molecule has 0 aromatic carbocycles. The van der Waals surface area contributed by atoms with Crippen LogP contribution in [0.2, 0.25) is 0 Å². The van der Waals surface area contributed by atoms with E-state index < -0.39 is 8.67 Å². The fourth-order valence-corrected chi connectivity index (χ4v) is 3.53. The molecule has 22 heavy (non-hydrogen) atoms. The Bertz CT molecular complexity index is 225. The molecule has 0 heterocycles. The molecule has 0 nitrogen and oxygen atoms in total. The first-order valence-corrected chi connectivity index (χ1v) is 10.6. The first kappa shape index (κ1) is 23.2. The molecule has 4 heteroatoms. The summed E-state index contributed by atoms with van der Waals surface area (Å²) in [7, 11) is 0. The molecule has 0 aliphatic carbocycles. The summed E-state index contributed by atoms with van der Waals surface area (Å²) < 4.78 is -2.07. The van der Waals surface area contributed by atoms with Crippen molar-refractivity contribution in [3.8, 4) is 0 Å². The lowest BCUT2D eigenvalue weighted by Gasteiger charge is -2.33. The SMILES string of the molecule is CCCCCCCCC(Cl)(Cl)C(Cl)(Cl)CCCCCCCC. The van der Waals surface area contributed by atoms with Crippen LogP contribution in [0.3, 0.4) is 0 Å². The van der Waals surface area contributed by atoms with Gasteiger partial charge in [0, 0.05) is 0 Å². The molecule has 0 spiro atoms. The van der Waals surface area contributed by atoms with E-state index in [9.17, 15) is 0 Å². The minimum Gasteiger partial charge on any atom is -0.0983 e. The molecule has 0 aliphatic rings. The summed E-state index contributed by atoms with van der Waals surface area (Å²) in [6.45, 7) is 4.44. The molecule has 0 fully saturated rings. The molecule has 0 saturated heterocycles. The highest BCUT2D eigenvalue weighted by molar-refractivity contribution is 6.62. The minimum atomic E-state index is -1.04. The first-order valence-electron chi connectivity index (χ1n) is 9.13. The molecular weight excluding hydrogens is 358 g/mol. The van der Waals surface area contributed by atoms with Crippen molar-refractivity contribution >= 4 is 46.4 Å².